The fourth-order valence-electron chi connectivity index (χ4n) is 1.54. The summed E-state index contributed by atoms with van der Waals surface area (Å²) in [7, 11) is 0. The summed E-state index contributed by atoms with van der Waals surface area (Å²) in [5, 5.41) is 11.0. The largest absolute Gasteiger partial charge is 0.379 e. The first kappa shape index (κ1) is 11.0. The molecule has 0 aliphatic heterocycles. The van der Waals surface area contributed by atoms with Crippen LogP contribution in [0.3, 0.4) is 0 Å². The zero-order chi connectivity index (χ0) is 11.6. The van der Waals surface area contributed by atoms with Gasteiger partial charge in [-0.15, -0.1) is 0 Å². The lowest BCUT2D eigenvalue weighted by Gasteiger charge is -2.23. The quantitative estimate of drug-likeness (QED) is 0.868. The third-order valence-electron chi connectivity index (χ3n) is 2.46. The third kappa shape index (κ3) is 1.92. The first-order valence-corrected chi connectivity index (χ1v) is 5.24. The fourth-order valence-corrected chi connectivity index (χ4v) is 1.86. The normalized spacial score (nSPS) is 14.4. The van der Waals surface area contributed by atoms with E-state index in [-0.39, 0.29) is 0 Å². The van der Waals surface area contributed by atoms with Crippen LogP contribution in [0.4, 0.5) is 0 Å². The fraction of sp³-hybridized carbons (Fsp3) is 0.167. The van der Waals surface area contributed by atoms with Crippen molar-refractivity contribution in [3.8, 4) is 0 Å². The molecule has 2 rings (SSSR count). The van der Waals surface area contributed by atoms with Gasteiger partial charge in [0.15, 0.2) is 0 Å². The molecular formula is C12H11ClN2O. The third-order valence-corrected chi connectivity index (χ3v) is 2.79. The van der Waals surface area contributed by atoms with Crippen molar-refractivity contribution in [3.05, 3.63) is 59.1 Å². The van der Waals surface area contributed by atoms with Crippen LogP contribution in [0.1, 0.15) is 18.2 Å². The number of hydrogen-bond donors (Lipinski definition) is 1. The molecule has 1 aromatic heterocycles. The second-order valence-corrected chi connectivity index (χ2v) is 4.05. The summed E-state index contributed by atoms with van der Waals surface area (Å²) in [5.41, 5.74) is -0.132. The van der Waals surface area contributed by atoms with E-state index in [1.165, 1.54) is 6.20 Å². The van der Waals surface area contributed by atoms with Gasteiger partial charge in [-0.25, -0.2) is 0 Å². The SMILES string of the molecule is CC(O)(c1cnccn1)c1ccccc1Cl. The first-order chi connectivity index (χ1) is 7.62. The Bertz CT molecular complexity index is 485. The van der Waals surface area contributed by atoms with Crippen LogP contribution in [-0.2, 0) is 5.60 Å². The van der Waals surface area contributed by atoms with Gasteiger partial charge in [0, 0.05) is 23.0 Å². The predicted molar refractivity (Wildman–Crippen MR) is 62.2 cm³/mol. The van der Waals surface area contributed by atoms with E-state index >= 15 is 0 Å². The molecule has 16 heavy (non-hydrogen) atoms. The van der Waals surface area contributed by atoms with Gasteiger partial charge in [0.2, 0.25) is 0 Å². The van der Waals surface area contributed by atoms with Crippen molar-refractivity contribution < 1.29 is 5.11 Å². The maximum atomic E-state index is 10.5. The highest BCUT2D eigenvalue weighted by Crippen LogP contribution is 2.31. The van der Waals surface area contributed by atoms with E-state index in [1.54, 1.807) is 31.5 Å². The molecule has 1 aromatic carbocycles. The lowest BCUT2D eigenvalue weighted by atomic mass is 9.93. The Balaban J connectivity index is 2.51. The number of halogens is 1. The smallest absolute Gasteiger partial charge is 0.132 e. The van der Waals surface area contributed by atoms with Crippen molar-refractivity contribution in [2.75, 3.05) is 0 Å². The predicted octanol–water partition coefficient (Wildman–Crippen LogP) is 2.39. The standard InChI is InChI=1S/C12H11ClN2O/c1-12(16,11-8-14-6-7-15-11)9-4-2-3-5-10(9)13/h2-8,16H,1H3. The van der Waals surface area contributed by atoms with Crippen molar-refractivity contribution in [2.45, 2.75) is 12.5 Å². The molecule has 0 amide bonds. The summed E-state index contributed by atoms with van der Waals surface area (Å²) >= 11 is 6.05. The summed E-state index contributed by atoms with van der Waals surface area (Å²) in [5.74, 6) is 0. The molecule has 0 saturated carbocycles. The molecule has 2 aromatic rings. The number of benzene rings is 1. The molecular weight excluding hydrogens is 224 g/mol. The van der Waals surface area contributed by atoms with Gasteiger partial charge >= 0.3 is 0 Å². The molecule has 0 bridgehead atoms. The minimum atomic E-state index is -1.23. The van der Waals surface area contributed by atoms with E-state index in [2.05, 4.69) is 9.97 Å². The van der Waals surface area contributed by atoms with E-state index < -0.39 is 5.60 Å². The highest BCUT2D eigenvalue weighted by Gasteiger charge is 2.29. The summed E-state index contributed by atoms with van der Waals surface area (Å²) in [4.78, 5) is 8.04. The van der Waals surface area contributed by atoms with Gasteiger partial charge in [0.25, 0.3) is 0 Å². The van der Waals surface area contributed by atoms with Gasteiger partial charge in [-0.2, -0.15) is 0 Å². The van der Waals surface area contributed by atoms with Crippen molar-refractivity contribution in [1.82, 2.24) is 9.97 Å². The molecule has 0 aliphatic rings. The van der Waals surface area contributed by atoms with Gasteiger partial charge in [0.1, 0.15) is 5.60 Å². The van der Waals surface area contributed by atoms with Crippen molar-refractivity contribution in [2.24, 2.45) is 0 Å². The van der Waals surface area contributed by atoms with Crippen molar-refractivity contribution >= 4 is 11.6 Å². The van der Waals surface area contributed by atoms with Crippen LogP contribution in [0.15, 0.2) is 42.9 Å². The molecule has 4 heteroatoms. The molecule has 0 aliphatic carbocycles. The average Bonchev–Trinajstić information content (AvgIpc) is 2.30. The van der Waals surface area contributed by atoms with Gasteiger partial charge in [-0.1, -0.05) is 29.8 Å². The second-order valence-electron chi connectivity index (χ2n) is 3.64. The Kier molecular flexibility index (Phi) is 2.90. The van der Waals surface area contributed by atoms with Crippen LogP contribution >= 0.6 is 11.6 Å². The molecule has 1 unspecified atom stereocenters. The summed E-state index contributed by atoms with van der Waals surface area (Å²) in [6.07, 6.45) is 4.64. The van der Waals surface area contributed by atoms with Crippen molar-refractivity contribution in [1.29, 1.82) is 0 Å². The van der Waals surface area contributed by atoms with E-state index in [1.807, 2.05) is 12.1 Å². The molecule has 0 radical (unpaired) electrons. The second kappa shape index (κ2) is 4.20. The number of rotatable bonds is 2. The summed E-state index contributed by atoms with van der Waals surface area (Å²) < 4.78 is 0. The molecule has 82 valence electrons. The van der Waals surface area contributed by atoms with E-state index in [4.69, 9.17) is 11.6 Å². The Morgan fingerprint density at radius 3 is 2.62 bits per heavy atom. The minimum Gasteiger partial charge on any atom is -0.379 e. The van der Waals surface area contributed by atoms with E-state index in [9.17, 15) is 5.11 Å². The van der Waals surface area contributed by atoms with Crippen molar-refractivity contribution in [3.63, 3.8) is 0 Å². The Morgan fingerprint density at radius 2 is 2.00 bits per heavy atom. The lowest BCUT2D eigenvalue weighted by Crippen LogP contribution is -2.24. The number of aliphatic hydroxyl groups is 1. The average molecular weight is 235 g/mol. The van der Waals surface area contributed by atoms with E-state index in [0.29, 0.717) is 16.3 Å². The zero-order valence-electron chi connectivity index (χ0n) is 8.76. The summed E-state index contributed by atoms with van der Waals surface area (Å²) in [6, 6.07) is 7.16. The topological polar surface area (TPSA) is 46.0 Å². The maximum Gasteiger partial charge on any atom is 0.132 e. The molecule has 0 fully saturated rings. The van der Waals surface area contributed by atoms with Crippen LogP contribution in [0, 0.1) is 0 Å². The minimum absolute atomic E-state index is 0.475. The van der Waals surface area contributed by atoms with Crippen LogP contribution in [0.5, 0.6) is 0 Å². The number of nitrogens with zero attached hydrogens (tertiary/aromatic N) is 2. The lowest BCUT2D eigenvalue weighted by molar-refractivity contribution is 0.0970. The maximum absolute atomic E-state index is 10.5. The molecule has 1 atom stereocenters. The highest BCUT2D eigenvalue weighted by atomic mass is 35.5. The van der Waals surface area contributed by atoms with Gasteiger partial charge in [-0.3, -0.25) is 9.97 Å². The molecule has 1 heterocycles. The Labute approximate surface area is 98.8 Å². The van der Waals surface area contributed by atoms with Crippen LogP contribution < -0.4 is 0 Å². The molecule has 0 spiro atoms. The Morgan fingerprint density at radius 1 is 1.25 bits per heavy atom. The summed E-state index contributed by atoms with van der Waals surface area (Å²) in [6.45, 7) is 1.65. The van der Waals surface area contributed by atoms with Crippen LogP contribution in [0.25, 0.3) is 0 Å². The van der Waals surface area contributed by atoms with Crippen LogP contribution in [-0.4, -0.2) is 15.1 Å². The van der Waals surface area contributed by atoms with Crippen LogP contribution in [0.2, 0.25) is 5.02 Å². The Hall–Kier alpha value is -1.45. The molecule has 1 N–H and O–H groups in total. The first-order valence-electron chi connectivity index (χ1n) is 4.86. The number of aromatic nitrogens is 2. The highest BCUT2D eigenvalue weighted by molar-refractivity contribution is 6.31. The van der Waals surface area contributed by atoms with Gasteiger partial charge < -0.3 is 5.11 Å². The van der Waals surface area contributed by atoms with E-state index in [0.717, 1.165) is 0 Å². The molecule has 0 saturated heterocycles. The van der Waals surface area contributed by atoms with Gasteiger partial charge in [-0.05, 0) is 13.0 Å². The monoisotopic (exact) mass is 234 g/mol. The number of hydrogen-bond acceptors (Lipinski definition) is 3. The zero-order valence-corrected chi connectivity index (χ0v) is 9.52. The van der Waals surface area contributed by atoms with Gasteiger partial charge in [0.05, 0.1) is 11.9 Å². The molecule has 3 nitrogen and oxygen atoms in total.